The molecule has 7 heteroatoms. The third-order valence-corrected chi connectivity index (χ3v) is 6.37. The lowest BCUT2D eigenvalue weighted by Crippen LogP contribution is -2.44. The van der Waals surface area contributed by atoms with Gasteiger partial charge in [0.25, 0.3) is 5.82 Å². The number of ether oxygens (including phenoxy) is 1. The van der Waals surface area contributed by atoms with E-state index in [-0.39, 0.29) is 17.6 Å². The minimum absolute atomic E-state index is 0.142. The molecule has 0 saturated carbocycles. The number of aromatic nitrogens is 2. The van der Waals surface area contributed by atoms with Crippen molar-refractivity contribution in [2.45, 2.75) is 44.0 Å². The molecule has 0 spiro atoms. The Balaban J connectivity index is 1.86. The van der Waals surface area contributed by atoms with Crippen LogP contribution in [0.15, 0.2) is 30.5 Å². The van der Waals surface area contributed by atoms with Gasteiger partial charge in [-0.2, -0.15) is 0 Å². The first-order chi connectivity index (χ1) is 13.1. The van der Waals surface area contributed by atoms with Gasteiger partial charge in [-0.05, 0) is 20.8 Å². The fourth-order valence-corrected chi connectivity index (χ4v) is 5.04. The van der Waals surface area contributed by atoms with E-state index in [1.54, 1.807) is 26.8 Å². The van der Waals surface area contributed by atoms with E-state index in [0.29, 0.717) is 34.0 Å². The summed E-state index contributed by atoms with van der Waals surface area (Å²) in [6, 6.07) is 7.23. The standard InChI is InChI=1S/C21H19N3O4/c1-19-10-20(2,27)21(3,28-19)15-14(19)17(25)24(18(15)26)13-9-23-16(22-4)12-8-6-5-7-11(12)13/h5-9,25-27H,10H2,1-3H3/t19?,20-,21?/m0/s1. The smallest absolute Gasteiger partial charge is 0.277 e. The topological polar surface area (TPSA) is 92.1 Å². The summed E-state index contributed by atoms with van der Waals surface area (Å²) in [5.74, 6) is -0.0822. The van der Waals surface area contributed by atoms with Crippen LogP contribution in [0.1, 0.15) is 38.3 Å². The maximum Gasteiger partial charge on any atom is 0.277 e. The minimum atomic E-state index is -1.20. The monoisotopic (exact) mass is 377 g/mol. The number of pyridine rings is 1. The van der Waals surface area contributed by atoms with Gasteiger partial charge in [0.1, 0.15) is 23.1 Å². The van der Waals surface area contributed by atoms with Crippen LogP contribution in [0.4, 0.5) is 5.82 Å². The molecule has 3 aromatic rings. The predicted octanol–water partition coefficient (Wildman–Crippen LogP) is 3.60. The van der Waals surface area contributed by atoms with Gasteiger partial charge < -0.3 is 24.9 Å². The van der Waals surface area contributed by atoms with E-state index < -0.39 is 16.8 Å². The predicted molar refractivity (Wildman–Crippen MR) is 102 cm³/mol. The molecular weight excluding hydrogens is 358 g/mol. The van der Waals surface area contributed by atoms with Crippen molar-refractivity contribution in [3.05, 3.63) is 53.0 Å². The van der Waals surface area contributed by atoms with E-state index in [1.807, 2.05) is 18.2 Å². The number of aliphatic hydroxyl groups is 1. The van der Waals surface area contributed by atoms with E-state index in [1.165, 1.54) is 10.8 Å². The van der Waals surface area contributed by atoms with Crippen molar-refractivity contribution in [1.82, 2.24) is 9.55 Å². The van der Waals surface area contributed by atoms with Crippen LogP contribution >= 0.6 is 0 Å². The lowest BCUT2D eigenvalue weighted by atomic mass is 9.70. The normalized spacial score (nSPS) is 30.5. The van der Waals surface area contributed by atoms with Crippen LogP contribution in [0.25, 0.3) is 21.3 Å². The molecule has 1 saturated heterocycles. The van der Waals surface area contributed by atoms with E-state index >= 15 is 0 Å². The first-order valence-electron chi connectivity index (χ1n) is 9.00. The highest BCUT2D eigenvalue weighted by molar-refractivity contribution is 5.98. The molecule has 5 rings (SSSR count). The molecular formula is C21H19N3O4. The van der Waals surface area contributed by atoms with Gasteiger partial charge in [0.2, 0.25) is 11.8 Å². The number of fused-ring (bicyclic) bond motifs is 6. The van der Waals surface area contributed by atoms with Crippen molar-refractivity contribution in [3.8, 4) is 17.4 Å². The van der Waals surface area contributed by atoms with Gasteiger partial charge >= 0.3 is 0 Å². The number of nitrogens with zero attached hydrogens (tertiary/aromatic N) is 3. The summed E-state index contributed by atoms with van der Waals surface area (Å²) < 4.78 is 7.44. The second-order valence-corrected chi connectivity index (χ2v) is 8.17. The molecule has 3 atom stereocenters. The van der Waals surface area contributed by atoms with Gasteiger partial charge in [-0.1, -0.05) is 30.8 Å². The molecule has 0 radical (unpaired) electrons. The lowest BCUT2D eigenvalue weighted by Gasteiger charge is -2.35. The quantitative estimate of drug-likeness (QED) is 0.564. The molecule has 0 amide bonds. The number of hydrogen-bond donors (Lipinski definition) is 3. The highest BCUT2D eigenvalue weighted by Crippen LogP contribution is 2.67. The van der Waals surface area contributed by atoms with Crippen LogP contribution in [-0.4, -0.2) is 30.5 Å². The summed E-state index contributed by atoms with van der Waals surface area (Å²) in [6.45, 7) is 12.5. The van der Waals surface area contributed by atoms with Crippen molar-refractivity contribution in [2.75, 3.05) is 0 Å². The van der Waals surface area contributed by atoms with Gasteiger partial charge in [0.05, 0.1) is 16.7 Å². The minimum Gasteiger partial charge on any atom is -0.494 e. The Bertz CT molecular complexity index is 1220. The Kier molecular flexibility index (Phi) is 2.95. The average molecular weight is 377 g/mol. The maximum absolute atomic E-state index is 11.1. The molecule has 3 N–H and O–H groups in total. The van der Waals surface area contributed by atoms with Crippen LogP contribution in [0.5, 0.6) is 11.8 Å². The Labute approximate surface area is 161 Å². The van der Waals surface area contributed by atoms with E-state index in [0.717, 1.165) is 0 Å². The van der Waals surface area contributed by atoms with Crippen LogP contribution in [0, 0.1) is 6.57 Å². The number of hydrogen-bond acceptors (Lipinski definition) is 5. The van der Waals surface area contributed by atoms with Crippen molar-refractivity contribution in [1.29, 1.82) is 0 Å². The molecule has 2 bridgehead atoms. The molecule has 2 aromatic heterocycles. The van der Waals surface area contributed by atoms with Crippen LogP contribution in [0.2, 0.25) is 0 Å². The molecule has 2 aliphatic heterocycles. The van der Waals surface area contributed by atoms with Gasteiger partial charge in [0, 0.05) is 17.2 Å². The van der Waals surface area contributed by atoms with Crippen LogP contribution < -0.4 is 0 Å². The highest BCUT2D eigenvalue weighted by atomic mass is 16.6. The lowest BCUT2D eigenvalue weighted by molar-refractivity contribution is -0.126. The molecule has 2 unspecified atom stereocenters. The number of rotatable bonds is 1. The molecule has 142 valence electrons. The number of aromatic hydroxyl groups is 2. The summed E-state index contributed by atoms with van der Waals surface area (Å²) >= 11 is 0. The Morgan fingerprint density at radius 1 is 1.11 bits per heavy atom. The Morgan fingerprint density at radius 2 is 1.75 bits per heavy atom. The van der Waals surface area contributed by atoms with Gasteiger partial charge in [-0.3, -0.25) is 0 Å². The van der Waals surface area contributed by atoms with Crippen molar-refractivity contribution >= 4 is 16.6 Å². The van der Waals surface area contributed by atoms with Crippen LogP contribution in [-0.2, 0) is 15.9 Å². The second kappa shape index (κ2) is 4.85. The third-order valence-electron chi connectivity index (χ3n) is 6.37. The summed E-state index contributed by atoms with van der Waals surface area (Å²) in [5.41, 5.74) is -1.93. The molecule has 1 fully saturated rings. The van der Waals surface area contributed by atoms with Crippen molar-refractivity contribution in [2.24, 2.45) is 0 Å². The summed E-state index contributed by atoms with van der Waals surface area (Å²) in [4.78, 5) is 7.66. The van der Waals surface area contributed by atoms with Gasteiger partial charge in [0.15, 0.2) is 0 Å². The first kappa shape index (κ1) is 17.0. The van der Waals surface area contributed by atoms with Gasteiger partial charge in [-0.15, -0.1) is 4.98 Å². The van der Waals surface area contributed by atoms with Crippen molar-refractivity contribution < 1.29 is 20.1 Å². The molecule has 0 aliphatic carbocycles. The zero-order chi connectivity index (χ0) is 20.1. The SMILES string of the molecule is [C-]#[N+]c1ncc(-n2c(O)c3c(c2O)C2(C)OC3(C)C[C@]2(C)O)c2ccccc12. The zero-order valence-corrected chi connectivity index (χ0v) is 15.7. The van der Waals surface area contributed by atoms with E-state index in [2.05, 4.69) is 9.83 Å². The Hall–Kier alpha value is -3.08. The molecule has 1 aromatic carbocycles. The molecule has 4 heterocycles. The first-order valence-corrected chi connectivity index (χ1v) is 9.00. The second-order valence-electron chi connectivity index (χ2n) is 8.17. The van der Waals surface area contributed by atoms with E-state index in [9.17, 15) is 15.3 Å². The summed E-state index contributed by atoms with van der Waals surface area (Å²) in [6.07, 6.45) is 1.77. The van der Waals surface area contributed by atoms with Crippen LogP contribution in [0.3, 0.4) is 0 Å². The molecule has 28 heavy (non-hydrogen) atoms. The van der Waals surface area contributed by atoms with Gasteiger partial charge in [-0.25, -0.2) is 4.57 Å². The maximum atomic E-state index is 11.1. The third kappa shape index (κ3) is 1.72. The summed E-state index contributed by atoms with van der Waals surface area (Å²) in [7, 11) is 0. The average Bonchev–Trinajstić information content (AvgIpc) is 3.12. The number of benzene rings is 1. The fraction of sp³-hybridized carbons (Fsp3) is 0.333. The van der Waals surface area contributed by atoms with E-state index in [4.69, 9.17) is 11.3 Å². The highest BCUT2D eigenvalue weighted by Gasteiger charge is 2.69. The molecule has 7 nitrogen and oxygen atoms in total. The van der Waals surface area contributed by atoms with Crippen molar-refractivity contribution in [3.63, 3.8) is 0 Å². The summed E-state index contributed by atoms with van der Waals surface area (Å²) in [5, 5.41) is 34.5. The largest absolute Gasteiger partial charge is 0.494 e. The fourth-order valence-electron chi connectivity index (χ4n) is 5.04. The molecule has 2 aliphatic rings. The Morgan fingerprint density at radius 3 is 2.43 bits per heavy atom. The zero-order valence-electron chi connectivity index (χ0n) is 15.7.